The zero-order chi connectivity index (χ0) is 20.7. The number of nitrogens with one attached hydrogen (secondary N) is 1. The van der Waals surface area contributed by atoms with Crippen molar-refractivity contribution in [2.75, 3.05) is 11.9 Å². The first-order valence-electron chi connectivity index (χ1n) is 8.47. The van der Waals surface area contributed by atoms with Crippen LogP contribution in [0.4, 0.5) is 5.13 Å². The SMILES string of the molecule is Cn1c(=O)c2c(n(C)c1=O)=[N+]=C[N+]=2CC(=O)Nc1nc(-c2ccc(Br)cc2)cs1. The summed E-state index contributed by atoms with van der Waals surface area (Å²) in [6, 6.07) is 7.71. The first kappa shape index (κ1) is 19.2. The Hall–Kier alpha value is -3.14. The smallest absolute Gasteiger partial charge is 0.298 e. The first-order chi connectivity index (χ1) is 13.8. The topological polar surface area (TPSA) is 103 Å². The van der Waals surface area contributed by atoms with Crippen molar-refractivity contribution in [3.05, 3.63) is 65.8 Å². The molecule has 0 radical (unpaired) electrons. The van der Waals surface area contributed by atoms with E-state index < -0.39 is 11.2 Å². The number of hydrogen-bond donors (Lipinski definition) is 1. The third-order valence-corrected chi connectivity index (χ3v) is 5.71. The molecule has 0 unspecified atom stereocenters. The Labute approximate surface area is 175 Å². The van der Waals surface area contributed by atoms with Gasteiger partial charge in [-0.05, 0) is 12.1 Å². The lowest BCUT2D eigenvalue weighted by Crippen LogP contribution is -2.60. The van der Waals surface area contributed by atoms with Gasteiger partial charge in [-0.3, -0.25) is 14.9 Å². The van der Waals surface area contributed by atoms with E-state index in [1.165, 1.54) is 40.9 Å². The molecule has 3 aromatic rings. The third kappa shape index (κ3) is 3.51. The van der Waals surface area contributed by atoms with Crippen molar-refractivity contribution >= 4 is 44.6 Å². The van der Waals surface area contributed by atoms with Gasteiger partial charge in [0.1, 0.15) is 7.05 Å². The van der Waals surface area contributed by atoms with E-state index in [4.69, 9.17) is 0 Å². The molecule has 0 saturated carbocycles. The second-order valence-corrected chi connectivity index (χ2v) is 8.12. The van der Waals surface area contributed by atoms with Gasteiger partial charge >= 0.3 is 28.4 Å². The highest BCUT2D eigenvalue weighted by molar-refractivity contribution is 9.10. The van der Waals surface area contributed by atoms with Gasteiger partial charge in [0.2, 0.25) is 0 Å². The predicted octanol–water partition coefficient (Wildman–Crippen LogP) is -1.17. The van der Waals surface area contributed by atoms with Crippen molar-refractivity contribution in [1.82, 2.24) is 23.4 Å². The fraction of sp³-hybridized carbons (Fsp3) is 0.167. The molecule has 1 aliphatic rings. The van der Waals surface area contributed by atoms with Crippen LogP contribution in [0.3, 0.4) is 0 Å². The quantitative estimate of drug-likeness (QED) is 0.380. The van der Waals surface area contributed by atoms with Crippen LogP contribution in [0.15, 0.2) is 43.7 Å². The number of nitrogens with zero attached hydrogens (tertiary/aromatic N) is 5. The molecule has 1 amide bonds. The van der Waals surface area contributed by atoms with Crippen LogP contribution in [0.2, 0.25) is 0 Å². The summed E-state index contributed by atoms with van der Waals surface area (Å²) < 4.78 is 8.77. The second kappa shape index (κ2) is 7.36. The van der Waals surface area contributed by atoms with Gasteiger partial charge in [-0.2, -0.15) is 4.58 Å². The van der Waals surface area contributed by atoms with E-state index in [0.717, 1.165) is 20.3 Å². The summed E-state index contributed by atoms with van der Waals surface area (Å²) >= 11 is 4.71. The Morgan fingerprint density at radius 1 is 1.24 bits per heavy atom. The van der Waals surface area contributed by atoms with E-state index in [9.17, 15) is 14.4 Å². The van der Waals surface area contributed by atoms with Crippen LogP contribution >= 0.6 is 27.3 Å². The molecule has 4 rings (SSSR count). The molecule has 2 aromatic heterocycles. The molecule has 29 heavy (non-hydrogen) atoms. The third-order valence-electron chi connectivity index (χ3n) is 4.42. The second-order valence-electron chi connectivity index (χ2n) is 6.34. The van der Waals surface area contributed by atoms with Crippen molar-refractivity contribution in [3.63, 3.8) is 0 Å². The summed E-state index contributed by atoms with van der Waals surface area (Å²) in [6.45, 7) is -0.128. The average Bonchev–Trinajstić information content (AvgIpc) is 3.32. The number of carbonyl (C=O) groups is 1. The van der Waals surface area contributed by atoms with Crippen molar-refractivity contribution in [2.45, 2.75) is 0 Å². The van der Waals surface area contributed by atoms with Gasteiger partial charge in [0.05, 0.1) is 5.69 Å². The van der Waals surface area contributed by atoms with Gasteiger partial charge in [0, 0.05) is 22.5 Å². The van der Waals surface area contributed by atoms with Gasteiger partial charge in [0.25, 0.3) is 5.91 Å². The number of halogens is 1. The molecule has 0 atom stereocenters. The summed E-state index contributed by atoms with van der Waals surface area (Å²) in [4.78, 5) is 41.4. The summed E-state index contributed by atoms with van der Waals surface area (Å²) in [5, 5.41) is 5.25. The molecule has 0 saturated heterocycles. The molecule has 9 nitrogen and oxygen atoms in total. The van der Waals surface area contributed by atoms with Gasteiger partial charge in [-0.15, -0.1) is 15.9 Å². The normalized spacial score (nSPS) is 12.0. The van der Waals surface area contributed by atoms with E-state index in [-0.39, 0.29) is 23.3 Å². The minimum Gasteiger partial charge on any atom is -0.298 e. The Bertz CT molecular complexity index is 1430. The number of benzene rings is 1. The van der Waals surface area contributed by atoms with E-state index in [2.05, 4.69) is 30.9 Å². The fourth-order valence-corrected chi connectivity index (χ4v) is 3.91. The summed E-state index contributed by atoms with van der Waals surface area (Å²) in [6.07, 6.45) is 1.38. The van der Waals surface area contributed by atoms with E-state index in [1.54, 1.807) is 0 Å². The molecule has 0 bridgehead atoms. The summed E-state index contributed by atoms with van der Waals surface area (Å²) in [7, 11) is 2.92. The number of anilines is 1. The first-order valence-corrected chi connectivity index (χ1v) is 10.1. The Morgan fingerprint density at radius 3 is 2.69 bits per heavy atom. The number of hydrogen-bond acceptors (Lipinski definition) is 5. The highest BCUT2D eigenvalue weighted by atomic mass is 79.9. The Balaban J connectivity index is 1.58. The molecule has 0 spiro atoms. The van der Waals surface area contributed by atoms with Gasteiger partial charge in [-0.1, -0.05) is 32.7 Å². The number of amides is 1. The molecule has 0 fully saturated rings. The number of carbonyl (C=O) groups excluding carboxylic acids is 1. The van der Waals surface area contributed by atoms with Crippen LogP contribution in [-0.2, 0) is 18.9 Å². The molecule has 11 heteroatoms. The van der Waals surface area contributed by atoms with Crippen LogP contribution < -0.4 is 36.7 Å². The van der Waals surface area contributed by atoms with E-state index >= 15 is 0 Å². The number of aromatic nitrogens is 3. The highest BCUT2D eigenvalue weighted by Gasteiger charge is 2.28. The van der Waals surface area contributed by atoms with Crippen LogP contribution in [0.25, 0.3) is 11.3 Å². The molecular formula is C18H15BrN6O3S+2. The Morgan fingerprint density at radius 2 is 1.97 bits per heavy atom. The minimum atomic E-state index is -0.500. The molecule has 0 aliphatic carbocycles. The fourth-order valence-electron chi connectivity index (χ4n) is 2.91. The van der Waals surface area contributed by atoms with Crippen molar-refractivity contribution in [2.24, 2.45) is 14.1 Å². The molecule has 1 aliphatic heterocycles. The number of rotatable bonds is 4. The van der Waals surface area contributed by atoms with Crippen LogP contribution in [0.5, 0.6) is 0 Å². The van der Waals surface area contributed by atoms with Crippen molar-refractivity contribution in [3.8, 4) is 11.3 Å². The largest absolute Gasteiger partial charge is 0.507 e. The molecular weight excluding hydrogens is 460 g/mol. The summed E-state index contributed by atoms with van der Waals surface area (Å²) in [5.74, 6) is -0.350. The standard InChI is InChI=1S/C18H14BrN6O3S/c1-23-15-14(16(27)24(2)18(23)28)25(9-20-15)7-13(26)22-17-21-12(8-29-17)10-3-5-11(19)6-4-10/h3-6,8-9H,7H2,1-2H3/q+1/p+1. The minimum absolute atomic E-state index is 0.128. The van der Waals surface area contributed by atoms with E-state index in [0.29, 0.717) is 5.13 Å². The number of fused-ring (bicyclic) bond motifs is 1. The maximum Gasteiger partial charge on any atom is 0.507 e. The van der Waals surface area contributed by atoms with Crippen LogP contribution in [0, 0.1) is 0 Å². The monoisotopic (exact) mass is 474 g/mol. The lowest BCUT2D eigenvalue weighted by molar-refractivity contribution is -0.115. The highest BCUT2D eigenvalue weighted by Crippen LogP contribution is 2.25. The van der Waals surface area contributed by atoms with E-state index in [1.807, 2.05) is 29.6 Å². The van der Waals surface area contributed by atoms with Crippen LogP contribution in [0.1, 0.15) is 0 Å². The average molecular weight is 475 g/mol. The van der Waals surface area contributed by atoms with Gasteiger partial charge in [0.15, 0.2) is 11.7 Å². The maximum absolute atomic E-state index is 12.5. The van der Waals surface area contributed by atoms with Gasteiger partial charge in [-0.25, -0.2) is 14.3 Å². The summed E-state index contributed by atoms with van der Waals surface area (Å²) in [5.41, 5.74) is 0.961. The molecule has 3 heterocycles. The molecule has 1 aromatic carbocycles. The van der Waals surface area contributed by atoms with Crippen LogP contribution in [-0.4, -0.2) is 32.9 Å². The lowest BCUT2D eigenvalue weighted by atomic mass is 10.2. The Kier molecular flexibility index (Phi) is 4.87. The number of thiazole rings is 1. The van der Waals surface area contributed by atoms with Crippen molar-refractivity contribution < 1.29 is 4.79 Å². The zero-order valence-corrected chi connectivity index (χ0v) is 17.8. The van der Waals surface area contributed by atoms with Gasteiger partial charge < -0.3 is 0 Å². The lowest BCUT2D eigenvalue weighted by Gasteiger charge is -1.99. The molecule has 1 N–H and O–H groups in total. The maximum atomic E-state index is 12.5. The van der Waals surface area contributed by atoms with Crippen molar-refractivity contribution in [1.29, 1.82) is 0 Å². The zero-order valence-electron chi connectivity index (χ0n) is 15.4. The predicted molar refractivity (Wildman–Crippen MR) is 113 cm³/mol. The molecule has 146 valence electrons.